The van der Waals surface area contributed by atoms with Gasteiger partial charge in [-0.25, -0.2) is 4.79 Å². The van der Waals surface area contributed by atoms with Crippen LogP contribution >= 0.6 is 0 Å². The largest absolute Gasteiger partial charge is 0.338 e. The minimum Gasteiger partial charge on any atom is -0.338 e. The fourth-order valence-electron chi connectivity index (χ4n) is 1.20. The van der Waals surface area contributed by atoms with Gasteiger partial charge in [0, 0.05) is 32.5 Å². The molecule has 0 atom stereocenters. The van der Waals surface area contributed by atoms with Gasteiger partial charge in [-0.05, 0) is 24.1 Å². The fourth-order valence-corrected chi connectivity index (χ4v) is 1.20. The zero-order valence-electron chi connectivity index (χ0n) is 9.23. The molecule has 1 aromatic heterocycles. The van der Waals surface area contributed by atoms with Crippen LogP contribution in [0.2, 0.25) is 0 Å². The van der Waals surface area contributed by atoms with Crippen LogP contribution in [0, 0.1) is 0 Å². The van der Waals surface area contributed by atoms with Gasteiger partial charge in [-0.2, -0.15) is 0 Å². The van der Waals surface area contributed by atoms with Crippen LogP contribution in [0.1, 0.15) is 18.9 Å². The van der Waals surface area contributed by atoms with Crippen molar-refractivity contribution in [1.29, 1.82) is 0 Å². The molecule has 15 heavy (non-hydrogen) atoms. The Balaban J connectivity index is 2.41. The molecule has 0 aromatic carbocycles. The van der Waals surface area contributed by atoms with E-state index in [9.17, 15) is 4.79 Å². The van der Waals surface area contributed by atoms with Gasteiger partial charge in [-0.3, -0.25) is 4.98 Å². The number of amides is 2. The van der Waals surface area contributed by atoms with Gasteiger partial charge < -0.3 is 10.2 Å². The van der Waals surface area contributed by atoms with Crippen LogP contribution < -0.4 is 5.32 Å². The van der Waals surface area contributed by atoms with Crippen molar-refractivity contribution in [3.05, 3.63) is 30.1 Å². The highest BCUT2D eigenvalue weighted by Gasteiger charge is 2.06. The number of aromatic nitrogens is 1. The molecule has 82 valence electrons. The molecule has 4 heteroatoms. The molecule has 1 N–H and O–H groups in total. The molecule has 0 unspecified atom stereocenters. The summed E-state index contributed by atoms with van der Waals surface area (Å²) in [5, 5.41) is 2.82. The van der Waals surface area contributed by atoms with E-state index in [2.05, 4.69) is 10.3 Å². The predicted molar refractivity (Wildman–Crippen MR) is 59.4 cm³/mol. The van der Waals surface area contributed by atoms with Crippen LogP contribution in [-0.4, -0.2) is 29.5 Å². The van der Waals surface area contributed by atoms with Crippen molar-refractivity contribution < 1.29 is 4.79 Å². The van der Waals surface area contributed by atoms with E-state index < -0.39 is 0 Å². The molecule has 0 saturated carbocycles. The summed E-state index contributed by atoms with van der Waals surface area (Å²) in [6.45, 7) is 3.36. The summed E-state index contributed by atoms with van der Waals surface area (Å²) in [5.41, 5.74) is 1.08. The van der Waals surface area contributed by atoms with Crippen LogP contribution in [-0.2, 0) is 6.54 Å². The molecule has 0 bridgehead atoms. The Morgan fingerprint density at radius 2 is 2.13 bits per heavy atom. The molecule has 0 aliphatic carbocycles. The number of rotatable bonds is 4. The van der Waals surface area contributed by atoms with E-state index in [0.29, 0.717) is 6.54 Å². The Morgan fingerprint density at radius 3 is 2.73 bits per heavy atom. The molecule has 0 aliphatic heterocycles. The average Bonchev–Trinajstić information content (AvgIpc) is 2.27. The molecule has 1 rings (SSSR count). The van der Waals surface area contributed by atoms with Crippen molar-refractivity contribution in [2.75, 3.05) is 13.6 Å². The van der Waals surface area contributed by atoms with Crippen LogP contribution in [0.3, 0.4) is 0 Å². The first-order valence-corrected chi connectivity index (χ1v) is 5.12. The van der Waals surface area contributed by atoms with Crippen LogP contribution in [0.25, 0.3) is 0 Å². The molecular weight excluding hydrogens is 190 g/mol. The maximum Gasteiger partial charge on any atom is 0.317 e. The van der Waals surface area contributed by atoms with Crippen molar-refractivity contribution in [3.8, 4) is 0 Å². The smallest absolute Gasteiger partial charge is 0.317 e. The average molecular weight is 207 g/mol. The summed E-state index contributed by atoms with van der Waals surface area (Å²) in [7, 11) is 1.78. The number of carbonyl (C=O) groups excluding carboxylic acids is 1. The van der Waals surface area contributed by atoms with Gasteiger partial charge >= 0.3 is 6.03 Å². The maximum absolute atomic E-state index is 11.5. The van der Waals surface area contributed by atoms with Crippen molar-refractivity contribution >= 4 is 6.03 Å². The van der Waals surface area contributed by atoms with Gasteiger partial charge in [0.1, 0.15) is 0 Å². The molecule has 0 spiro atoms. The number of nitrogens with zero attached hydrogens (tertiary/aromatic N) is 2. The summed E-state index contributed by atoms with van der Waals surface area (Å²) < 4.78 is 0. The minimum atomic E-state index is -0.0336. The van der Waals surface area contributed by atoms with Crippen LogP contribution in [0.5, 0.6) is 0 Å². The van der Waals surface area contributed by atoms with E-state index >= 15 is 0 Å². The second kappa shape index (κ2) is 6.01. The lowest BCUT2D eigenvalue weighted by molar-refractivity contribution is 0.207. The first-order chi connectivity index (χ1) is 7.24. The number of hydrogen-bond acceptors (Lipinski definition) is 2. The lowest BCUT2D eigenvalue weighted by Crippen LogP contribution is -2.37. The highest BCUT2D eigenvalue weighted by atomic mass is 16.2. The number of nitrogens with one attached hydrogen (secondary N) is 1. The second-order valence-electron chi connectivity index (χ2n) is 3.44. The highest BCUT2D eigenvalue weighted by Crippen LogP contribution is 2.00. The Morgan fingerprint density at radius 1 is 1.47 bits per heavy atom. The van der Waals surface area contributed by atoms with Crippen LogP contribution in [0.4, 0.5) is 4.79 Å². The van der Waals surface area contributed by atoms with Crippen LogP contribution in [0.15, 0.2) is 24.5 Å². The van der Waals surface area contributed by atoms with Crippen molar-refractivity contribution in [1.82, 2.24) is 15.2 Å². The standard InChI is InChI=1S/C11H17N3O/c1-3-6-13-11(15)14(2)9-10-4-7-12-8-5-10/h4-5,7-8H,3,6,9H2,1-2H3,(H,13,15). The number of urea groups is 1. The number of carbonyl (C=O) groups is 1. The van der Waals surface area contributed by atoms with Gasteiger partial charge in [-0.1, -0.05) is 6.92 Å². The molecule has 1 heterocycles. The minimum absolute atomic E-state index is 0.0336. The quantitative estimate of drug-likeness (QED) is 0.815. The van der Waals surface area contributed by atoms with E-state index in [1.54, 1.807) is 24.3 Å². The SMILES string of the molecule is CCCNC(=O)N(C)Cc1ccncc1. The molecular formula is C11H17N3O. The summed E-state index contributed by atoms with van der Waals surface area (Å²) in [4.78, 5) is 17.1. The third kappa shape index (κ3) is 3.97. The Kier molecular flexibility index (Phi) is 4.60. The van der Waals surface area contributed by atoms with E-state index in [-0.39, 0.29) is 6.03 Å². The number of hydrogen-bond donors (Lipinski definition) is 1. The van der Waals surface area contributed by atoms with Crippen molar-refractivity contribution in [2.24, 2.45) is 0 Å². The lowest BCUT2D eigenvalue weighted by Gasteiger charge is -2.17. The molecule has 0 radical (unpaired) electrons. The predicted octanol–water partition coefficient (Wildman–Crippen LogP) is 1.63. The normalized spacial score (nSPS) is 9.73. The fraction of sp³-hybridized carbons (Fsp3) is 0.455. The maximum atomic E-state index is 11.5. The topological polar surface area (TPSA) is 45.2 Å². The second-order valence-corrected chi connectivity index (χ2v) is 3.44. The van der Waals surface area contributed by atoms with E-state index in [1.165, 1.54) is 0 Å². The first-order valence-electron chi connectivity index (χ1n) is 5.12. The third-order valence-corrected chi connectivity index (χ3v) is 2.04. The Hall–Kier alpha value is -1.58. The highest BCUT2D eigenvalue weighted by molar-refractivity contribution is 5.73. The monoisotopic (exact) mass is 207 g/mol. The van der Waals surface area contributed by atoms with Gasteiger partial charge in [0.25, 0.3) is 0 Å². The Labute approximate surface area is 90.3 Å². The molecule has 4 nitrogen and oxygen atoms in total. The zero-order chi connectivity index (χ0) is 11.1. The Bertz CT molecular complexity index is 300. The molecule has 0 aliphatic rings. The molecule has 0 fully saturated rings. The van der Waals surface area contributed by atoms with E-state index in [4.69, 9.17) is 0 Å². The molecule has 0 saturated heterocycles. The lowest BCUT2D eigenvalue weighted by atomic mass is 10.2. The molecule has 1 aromatic rings. The summed E-state index contributed by atoms with van der Waals surface area (Å²) >= 11 is 0. The van der Waals surface area contributed by atoms with E-state index in [1.807, 2.05) is 19.1 Å². The first kappa shape index (κ1) is 11.5. The van der Waals surface area contributed by atoms with Gasteiger partial charge in [0.15, 0.2) is 0 Å². The third-order valence-electron chi connectivity index (χ3n) is 2.04. The van der Waals surface area contributed by atoms with Crippen molar-refractivity contribution in [2.45, 2.75) is 19.9 Å². The van der Waals surface area contributed by atoms with Crippen molar-refractivity contribution in [3.63, 3.8) is 0 Å². The zero-order valence-corrected chi connectivity index (χ0v) is 9.23. The summed E-state index contributed by atoms with van der Waals surface area (Å²) in [6, 6.07) is 3.78. The number of pyridine rings is 1. The van der Waals surface area contributed by atoms with Gasteiger partial charge in [0.05, 0.1) is 0 Å². The van der Waals surface area contributed by atoms with Gasteiger partial charge in [0.2, 0.25) is 0 Å². The van der Waals surface area contributed by atoms with E-state index in [0.717, 1.165) is 18.5 Å². The summed E-state index contributed by atoms with van der Waals surface area (Å²) in [6.07, 6.45) is 4.41. The molecule has 2 amide bonds. The van der Waals surface area contributed by atoms with Gasteiger partial charge in [-0.15, -0.1) is 0 Å². The summed E-state index contributed by atoms with van der Waals surface area (Å²) in [5.74, 6) is 0.